The molecule has 0 fully saturated rings. The summed E-state index contributed by atoms with van der Waals surface area (Å²) in [5.74, 6) is 0.438. The molecule has 2 rings (SSSR count). The van der Waals surface area contributed by atoms with Crippen molar-refractivity contribution in [2.75, 3.05) is 0 Å². The molecule has 1 aromatic carbocycles. The molecular formula is C16H20O. The van der Waals surface area contributed by atoms with Gasteiger partial charge in [0.1, 0.15) is 0 Å². The van der Waals surface area contributed by atoms with Crippen molar-refractivity contribution in [1.82, 2.24) is 0 Å². The van der Waals surface area contributed by atoms with Crippen LogP contribution in [0.25, 0.3) is 0 Å². The lowest BCUT2D eigenvalue weighted by atomic mass is 9.91. The Kier molecular flexibility index (Phi) is 4.16. The fourth-order valence-corrected chi connectivity index (χ4v) is 2.28. The molecule has 0 aromatic heterocycles. The highest BCUT2D eigenvalue weighted by atomic mass is 16.5. The number of hydrogen-bond acceptors (Lipinski definition) is 1. The predicted octanol–water partition coefficient (Wildman–Crippen LogP) is 4.08. The fourth-order valence-electron chi connectivity index (χ4n) is 2.28. The van der Waals surface area contributed by atoms with E-state index in [1.807, 2.05) is 6.08 Å². The summed E-state index contributed by atoms with van der Waals surface area (Å²) in [4.78, 5) is 0. The van der Waals surface area contributed by atoms with Crippen molar-refractivity contribution in [3.05, 3.63) is 60.7 Å². The third-order valence-electron chi connectivity index (χ3n) is 3.35. The molecule has 1 aliphatic rings. The van der Waals surface area contributed by atoms with Crippen LogP contribution in [0.2, 0.25) is 0 Å². The molecule has 0 saturated heterocycles. The second kappa shape index (κ2) is 5.83. The minimum Gasteiger partial charge on any atom is -0.370 e. The zero-order valence-electron chi connectivity index (χ0n) is 10.4. The summed E-state index contributed by atoms with van der Waals surface area (Å²) < 4.78 is 6.08. The molecule has 1 nitrogen and oxygen atoms in total. The van der Waals surface area contributed by atoms with Crippen LogP contribution in [0.3, 0.4) is 0 Å². The summed E-state index contributed by atoms with van der Waals surface area (Å²) in [6.07, 6.45) is 8.70. The minimum atomic E-state index is 0.206. The molecule has 0 spiro atoms. The topological polar surface area (TPSA) is 9.23 Å². The first-order chi connectivity index (χ1) is 8.31. The van der Waals surface area contributed by atoms with E-state index in [1.165, 1.54) is 5.56 Å². The zero-order chi connectivity index (χ0) is 12.1. The third kappa shape index (κ3) is 3.07. The summed E-state index contributed by atoms with van der Waals surface area (Å²) in [6.45, 7) is 6.01. The average molecular weight is 228 g/mol. The van der Waals surface area contributed by atoms with Gasteiger partial charge in [0.25, 0.3) is 0 Å². The van der Waals surface area contributed by atoms with Crippen molar-refractivity contribution < 1.29 is 4.74 Å². The first kappa shape index (κ1) is 12.1. The zero-order valence-corrected chi connectivity index (χ0v) is 10.4. The summed E-state index contributed by atoms with van der Waals surface area (Å²) >= 11 is 0. The first-order valence-electron chi connectivity index (χ1n) is 6.29. The quantitative estimate of drug-likeness (QED) is 0.706. The summed E-state index contributed by atoms with van der Waals surface area (Å²) in [5.41, 5.74) is 1.35. The van der Waals surface area contributed by atoms with Gasteiger partial charge in [-0.2, -0.15) is 0 Å². The molecule has 1 heterocycles. The van der Waals surface area contributed by atoms with Gasteiger partial charge in [0.15, 0.2) is 0 Å². The Morgan fingerprint density at radius 3 is 2.88 bits per heavy atom. The second-order valence-corrected chi connectivity index (χ2v) is 4.60. The van der Waals surface area contributed by atoms with Gasteiger partial charge in [0, 0.05) is 5.92 Å². The van der Waals surface area contributed by atoms with Crippen LogP contribution < -0.4 is 0 Å². The van der Waals surface area contributed by atoms with Crippen LogP contribution in [0, 0.1) is 0 Å². The normalized spacial score (nSPS) is 25.5. The molecule has 3 atom stereocenters. The highest BCUT2D eigenvalue weighted by Gasteiger charge is 2.23. The van der Waals surface area contributed by atoms with Gasteiger partial charge in [-0.25, -0.2) is 0 Å². The first-order valence-corrected chi connectivity index (χ1v) is 6.29. The smallest absolute Gasteiger partial charge is 0.0794 e. The number of hydrogen-bond donors (Lipinski definition) is 0. The second-order valence-electron chi connectivity index (χ2n) is 4.60. The number of rotatable bonds is 4. The molecule has 0 amide bonds. The van der Waals surface area contributed by atoms with E-state index < -0.39 is 0 Å². The molecule has 1 aromatic rings. The Morgan fingerprint density at radius 1 is 1.41 bits per heavy atom. The fraction of sp³-hybridized carbons (Fsp3) is 0.375. The summed E-state index contributed by atoms with van der Waals surface area (Å²) in [5, 5.41) is 0. The standard InChI is InChI=1S/C16H20O/c1-3-8-15-11-7-12-16(17-15)13(2)14-9-5-4-6-10-14/h3-7,9-11,13,15-16H,1,8,12H2,2H3/t13-,15+,16-/m0/s1. The molecule has 0 N–H and O–H groups in total. The maximum Gasteiger partial charge on any atom is 0.0794 e. The maximum atomic E-state index is 6.08. The van der Waals surface area contributed by atoms with Gasteiger partial charge in [0.05, 0.1) is 12.2 Å². The van der Waals surface area contributed by atoms with E-state index in [-0.39, 0.29) is 12.2 Å². The molecule has 0 saturated carbocycles. The highest BCUT2D eigenvalue weighted by Crippen LogP contribution is 2.28. The molecule has 0 aliphatic carbocycles. The third-order valence-corrected chi connectivity index (χ3v) is 3.35. The van der Waals surface area contributed by atoms with E-state index >= 15 is 0 Å². The van der Waals surface area contributed by atoms with E-state index in [1.54, 1.807) is 0 Å². The Hall–Kier alpha value is -1.34. The lowest BCUT2D eigenvalue weighted by molar-refractivity contribution is -0.00476. The maximum absolute atomic E-state index is 6.08. The van der Waals surface area contributed by atoms with Gasteiger partial charge in [-0.05, 0) is 18.4 Å². The van der Waals surface area contributed by atoms with Crippen LogP contribution >= 0.6 is 0 Å². The Morgan fingerprint density at radius 2 is 2.18 bits per heavy atom. The van der Waals surface area contributed by atoms with Crippen molar-refractivity contribution in [2.45, 2.75) is 37.9 Å². The molecule has 0 bridgehead atoms. The van der Waals surface area contributed by atoms with Crippen molar-refractivity contribution >= 4 is 0 Å². The highest BCUT2D eigenvalue weighted by molar-refractivity contribution is 5.21. The van der Waals surface area contributed by atoms with Gasteiger partial charge in [-0.15, -0.1) is 6.58 Å². The Bertz CT molecular complexity index is 380. The molecule has 17 heavy (non-hydrogen) atoms. The molecule has 0 radical (unpaired) electrons. The van der Waals surface area contributed by atoms with Gasteiger partial charge >= 0.3 is 0 Å². The van der Waals surface area contributed by atoms with E-state index in [2.05, 4.69) is 56.0 Å². The summed E-state index contributed by atoms with van der Waals surface area (Å²) in [6, 6.07) is 10.6. The van der Waals surface area contributed by atoms with Crippen LogP contribution in [0.5, 0.6) is 0 Å². The van der Waals surface area contributed by atoms with Gasteiger partial charge in [0.2, 0.25) is 0 Å². The van der Waals surface area contributed by atoms with E-state index in [0.29, 0.717) is 5.92 Å². The van der Waals surface area contributed by atoms with Crippen LogP contribution in [0.15, 0.2) is 55.1 Å². The van der Waals surface area contributed by atoms with Crippen LogP contribution in [0.1, 0.15) is 31.2 Å². The molecular weight excluding hydrogens is 208 g/mol. The van der Waals surface area contributed by atoms with Gasteiger partial charge in [-0.3, -0.25) is 0 Å². The lowest BCUT2D eigenvalue weighted by Gasteiger charge is -2.30. The van der Waals surface area contributed by atoms with Crippen molar-refractivity contribution in [1.29, 1.82) is 0 Å². The van der Waals surface area contributed by atoms with E-state index in [4.69, 9.17) is 4.74 Å². The van der Waals surface area contributed by atoms with Crippen LogP contribution in [-0.4, -0.2) is 12.2 Å². The molecule has 0 unspecified atom stereocenters. The number of ether oxygens (including phenoxy) is 1. The predicted molar refractivity (Wildman–Crippen MR) is 72.1 cm³/mol. The van der Waals surface area contributed by atoms with E-state index in [0.717, 1.165) is 12.8 Å². The van der Waals surface area contributed by atoms with Crippen LogP contribution in [-0.2, 0) is 4.74 Å². The number of benzene rings is 1. The van der Waals surface area contributed by atoms with E-state index in [9.17, 15) is 0 Å². The summed E-state index contributed by atoms with van der Waals surface area (Å²) in [7, 11) is 0. The Labute approximate surface area is 104 Å². The van der Waals surface area contributed by atoms with Crippen molar-refractivity contribution in [2.24, 2.45) is 0 Å². The molecule has 1 heteroatoms. The average Bonchev–Trinajstić information content (AvgIpc) is 2.40. The van der Waals surface area contributed by atoms with Crippen molar-refractivity contribution in [3.8, 4) is 0 Å². The van der Waals surface area contributed by atoms with Gasteiger partial charge in [-0.1, -0.05) is 55.5 Å². The lowest BCUT2D eigenvalue weighted by Crippen LogP contribution is -2.28. The minimum absolute atomic E-state index is 0.206. The van der Waals surface area contributed by atoms with Gasteiger partial charge < -0.3 is 4.74 Å². The molecule has 1 aliphatic heterocycles. The Balaban J connectivity index is 2.03. The van der Waals surface area contributed by atoms with Crippen LogP contribution in [0.4, 0.5) is 0 Å². The van der Waals surface area contributed by atoms with Crippen molar-refractivity contribution in [3.63, 3.8) is 0 Å². The monoisotopic (exact) mass is 228 g/mol. The largest absolute Gasteiger partial charge is 0.370 e. The molecule has 90 valence electrons. The SMILES string of the molecule is C=CC[C@@H]1C=CC[C@@H]([C@@H](C)c2ccccc2)O1.